The van der Waals surface area contributed by atoms with Gasteiger partial charge in [0.05, 0.1) is 5.69 Å². The molecule has 0 atom stereocenters. The second-order valence-electron chi connectivity index (χ2n) is 7.01. The number of anilines is 1. The van der Waals surface area contributed by atoms with Crippen molar-refractivity contribution in [2.75, 3.05) is 38.0 Å². The van der Waals surface area contributed by atoms with Crippen LogP contribution in [0.3, 0.4) is 0 Å². The van der Waals surface area contributed by atoms with Crippen LogP contribution in [0.25, 0.3) is 0 Å². The first-order valence-corrected chi connectivity index (χ1v) is 9.35. The Kier molecular flexibility index (Phi) is 6.25. The van der Waals surface area contributed by atoms with E-state index in [0.717, 1.165) is 32.7 Å². The first-order chi connectivity index (χ1) is 12.5. The van der Waals surface area contributed by atoms with Crippen LogP contribution in [0.15, 0.2) is 42.5 Å². The highest BCUT2D eigenvalue weighted by atomic mass is 35.5. The SMILES string of the molecule is Cc1cccc(C[NH+]2CC[NH+](CC(=O)Nc3ccc(Cl)cc3F)CC2)c1. The highest BCUT2D eigenvalue weighted by Crippen LogP contribution is 2.18. The van der Waals surface area contributed by atoms with Crippen molar-refractivity contribution in [1.82, 2.24) is 0 Å². The second kappa shape index (κ2) is 8.62. The zero-order chi connectivity index (χ0) is 18.5. The van der Waals surface area contributed by atoms with Crippen molar-refractivity contribution in [2.24, 2.45) is 0 Å². The van der Waals surface area contributed by atoms with Crippen LogP contribution >= 0.6 is 11.6 Å². The van der Waals surface area contributed by atoms with E-state index < -0.39 is 5.82 Å². The standard InChI is InChI=1S/C20H23ClFN3O/c1-15-3-2-4-16(11-15)13-24-7-9-25(10-8-24)14-20(26)23-19-6-5-17(21)12-18(19)22/h2-6,11-12H,7-10,13-14H2,1H3,(H,23,26)/p+2. The third-order valence-corrected chi connectivity index (χ3v) is 5.05. The molecule has 138 valence electrons. The van der Waals surface area contributed by atoms with E-state index in [9.17, 15) is 9.18 Å². The fourth-order valence-corrected chi connectivity index (χ4v) is 3.59. The molecule has 1 aliphatic heterocycles. The van der Waals surface area contributed by atoms with Crippen LogP contribution in [-0.2, 0) is 11.3 Å². The van der Waals surface area contributed by atoms with Crippen molar-refractivity contribution in [2.45, 2.75) is 13.5 Å². The molecule has 1 aliphatic rings. The topological polar surface area (TPSA) is 38.0 Å². The minimum Gasteiger partial charge on any atom is -0.322 e. The first kappa shape index (κ1) is 18.8. The molecule has 0 radical (unpaired) electrons. The Hall–Kier alpha value is -1.95. The van der Waals surface area contributed by atoms with Gasteiger partial charge in [-0.15, -0.1) is 0 Å². The molecule has 0 unspecified atom stereocenters. The molecular weight excluding hydrogens is 353 g/mol. The van der Waals surface area contributed by atoms with Gasteiger partial charge in [0, 0.05) is 10.6 Å². The average Bonchev–Trinajstić information content (AvgIpc) is 2.59. The predicted molar refractivity (Wildman–Crippen MR) is 101 cm³/mol. The van der Waals surface area contributed by atoms with Crippen LogP contribution in [0.5, 0.6) is 0 Å². The smallest absolute Gasteiger partial charge is 0.279 e. The fraction of sp³-hybridized carbons (Fsp3) is 0.350. The molecule has 0 aliphatic carbocycles. The Morgan fingerprint density at radius 1 is 1.12 bits per heavy atom. The van der Waals surface area contributed by atoms with E-state index >= 15 is 0 Å². The van der Waals surface area contributed by atoms with Gasteiger partial charge in [-0.25, -0.2) is 4.39 Å². The number of piperazine rings is 1. The third-order valence-electron chi connectivity index (χ3n) is 4.82. The van der Waals surface area contributed by atoms with E-state index in [0.29, 0.717) is 11.6 Å². The summed E-state index contributed by atoms with van der Waals surface area (Å²) in [7, 11) is 0. The zero-order valence-electron chi connectivity index (χ0n) is 14.9. The van der Waals surface area contributed by atoms with Gasteiger partial charge in [0.15, 0.2) is 6.54 Å². The van der Waals surface area contributed by atoms with Gasteiger partial charge in [-0.05, 0) is 25.1 Å². The summed E-state index contributed by atoms with van der Waals surface area (Å²) in [4.78, 5) is 15.0. The maximum absolute atomic E-state index is 13.8. The Morgan fingerprint density at radius 3 is 2.54 bits per heavy atom. The Labute approximate surface area is 158 Å². The van der Waals surface area contributed by atoms with E-state index in [-0.39, 0.29) is 11.6 Å². The summed E-state index contributed by atoms with van der Waals surface area (Å²) in [5.41, 5.74) is 2.83. The molecule has 0 aromatic heterocycles. The zero-order valence-corrected chi connectivity index (χ0v) is 15.7. The van der Waals surface area contributed by atoms with Gasteiger partial charge < -0.3 is 15.1 Å². The molecule has 0 spiro atoms. The lowest BCUT2D eigenvalue weighted by molar-refractivity contribution is -1.02. The van der Waals surface area contributed by atoms with Gasteiger partial charge in [0.25, 0.3) is 5.91 Å². The molecule has 6 heteroatoms. The number of quaternary nitrogens is 2. The van der Waals surface area contributed by atoms with E-state index in [1.807, 2.05) is 0 Å². The summed E-state index contributed by atoms with van der Waals surface area (Å²) in [6.07, 6.45) is 0. The molecule has 26 heavy (non-hydrogen) atoms. The van der Waals surface area contributed by atoms with Gasteiger partial charge in [-0.1, -0.05) is 41.4 Å². The summed E-state index contributed by atoms with van der Waals surface area (Å²) in [5.74, 6) is -0.670. The van der Waals surface area contributed by atoms with Crippen molar-refractivity contribution in [3.05, 3.63) is 64.4 Å². The summed E-state index contributed by atoms with van der Waals surface area (Å²) in [6, 6.07) is 12.9. The lowest BCUT2D eigenvalue weighted by Gasteiger charge is -2.29. The number of rotatable bonds is 5. The van der Waals surface area contributed by atoms with Crippen LogP contribution in [0.2, 0.25) is 5.02 Å². The highest BCUT2D eigenvalue weighted by Gasteiger charge is 2.25. The summed E-state index contributed by atoms with van der Waals surface area (Å²) >= 11 is 5.73. The Morgan fingerprint density at radius 2 is 1.85 bits per heavy atom. The molecule has 4 nitrogen and oxygen atoms in total. The summed E-state index contributed by atoms with van der Waals surface area (Å²) in [6.45, 7) is 7.45. The van der Waals surface area contributed by atoms with Crippen LogP contribution in [0, 0.1) is 12.7 Å². The number of benzene rings is 2. The largest absolute Gasteiger partial charge is 0.322 e. The molecule has 1 heterocycles. The molecule has 1 saturated heterocycles. The number of hydrogen-bond acceptors (Lipinski definition) is 1. The maximum Gasteiger partial charge on any atom is 0.279 e. The molecule has 3 N–H and O–H groups in total. The number of aryl methyl sites for hydroxylation is 1. The van der Waals surface area contributed by atoms with Crippen LogP contribution in [0.1, 0.15) is 11.1 Å². The number of halogens is 2. The van der Waals surface area contributed by atoms with Crippen LogP contribution in [0.4, 0.5) is 10.1 Å². The van der Waals surface area contributed by atoms with E-state index in [1.165, 1.54) is 28.2 Å². The number of nitrogens with one attached hydrogen (secondary N) is 3. The summed E-state index contributed by atoms with van der Waals surface area (Å²) in [5, 5.41) is 2.96. The molecule has 2 aromatic carbocycles. The molecule has 1 fully saturated rings. The van der Waals surface area contributed by atoms with E-state index in [1.54, 1.807) is 11.0 Å². The number of carbonyl (C=O) groups excluding carboxylic acids is 1. The van der Waals surface area contributed by atoms with Gasteiger partial charge in [0.1, 0.15) is 38.5 Å². The van der Waals surface area contributed by atoms with Crippen molar-refractivity contribution in [3.63, 3.8) is 0 Å². The van der Waals surface area contributed by atoms with Gasteiger partial charge in [-0.2, -0.15) is 0 Å². The minimum atomic E-state index is -0.506. The van der Waals surface area contributed by atoms with Gasteiger partial charge in [0.2, 0.25) is 0 Å². The fourth-order valence-electron chi connectivity index (χ4n) is 3.43. The second-order valence-corrected chi connectivity index (χ2v) is 7.45. The molecule has 0 saturated carbocycles. The van der Waals surface area contributed by atoms with Crippen molar-refractivity contribution >= 4 is 23.2 Å². The molecule has 1 amide bonds. The molecule has 2 aromatic rings. The lowest BCUT2D eigenvalue weighted by atomic mass is 10.1. The Bertz CT molecular complexity index is 775. The van der Waals surface area contributed by atoms with Crippen molar-refractivity contribution in [3.8, 4) is 0 Å². The highest BCUT2D eigenvalue weighted by molar-refractivity contribution is 6.30. The van der Waals surface area contributed by atoms with E-state index in [4.69, 9.17) is 11.6 Å². The van der Waals surface area contributed by atoms with Gasteiger partial charge in [-0.3, -0.25) is 4.79 Å². The molecular formula is C20H25ClFN3O+2. The van der Waals surface area contributed by atoms with Crippen LogP contribution in [-0.4, -0.2) is 38.6 Å². The van der Waals surface area contributed by atoms with Gasteiger partial charge >= 0.3 is 0 Å². The number of carbonyl (C=O) groups is 1. The molecule has 3 rings (SSSR count). The Balaban J connectivity index is 1.45. The third kappa shape index (κ3) is 5.27. The lowest BCUT2D eigenvalue weighted by Crippen LogP contribution is -3.28. The minimum absolute atomic E-state index is 0.164. The normalized spacial score (nSPS) is 20.0. The summed E-state index contributed by atoms with van der Waals surface area (Å²) < 4.78 is 13.8. The first-order valence-electron chi connectivity index (χ1n) is 8.97. The van der Waals surface area contributed by atoms with Crippen molar-refractivity contribution in [1.29, 1.82) is 0 Å². The quantitative estimate of drug-likeness (QED) is 0.705. The van der Waals surface area contributed by atoms with Crippen molar-refractivity contribution < 1.29 is 19.0 Å². The maximum atomic E-state index is 13.8. The van der Waals surface area contributed by atoms with Crippen LogP contribution < -0.4 is 15.1 Å². The molecule has 0 bridgehead atoms. The number of amides is 1. The predicted octanol–water partition coefficient (Wildman–Crippen LogP) is 0.710. The van der Waals surface area contributed by atoms with E-state index in [2.05, 4.69) is 36.5 Å². The number of hydrogen-bond donors (Lipinski definition) is 3. The average molecular weight is 378 g/mol. The monoisotopic (exact) mass is 377 g/mol.